The third-order valence-electron chi connectivity index (χ3n) is 2.31. The summed E-state index contributed by atoms with van der Waals surface area (Å²) in [5.41, 5.74) is 1.05. The predicted molar refractivity (Wildman–Crippen MR) is 58.9 cm³/mol. The van der Waals surface area contributed by atoms with Crippen LogP contribution in [-0.2, 0) is 0 Å². The molecule has 0 bridgehead atoms. The van der Waals surface area contributed by atoms with Crippen LogP contribution in [0.3, 0.4) is 0 Å². The van der Waals surface area contributed by atoms with Gasteiger partial charge in [-0.3, -0.25) is 0 Å². The summed E-state index contributed by atoms with van der Waals surface area (Å²) in [6.45, 7) is 1.82. The molecule has 4 heteroatoms. The first-order chi connectivity index (χ1) is 7.58. The number of aliphatic hydroxyl groups is 1. The van der Waals surface area contributed by atoms with Gasteiger partial charge in [-0.1, -0.05) is 17.7 Å². The monoisotopic (exact) mass is 240 g/mol. The molecular formula is C12H10ClFO2. The summed E-state index contributed by atoms with van der Waals surface area (Å²) in [7, 11) is 0. The Kier molecular flexibility index (Phi) is 2.99. The molecule has 0 saturated heterocycles. The molecule has 0 fully saturated rings. The normalized spacial score (nSPS) is 12.8. The molecule has 1 N–H and O–H groups in total. The second kappa shape index (κ2) is 4.28. The van der Waals surface area contributed by atoms with E-state index in [1.54, 1.807) is 12.1 Å². The minimum Gasteiger partial charge on any atom is -0.447 e. The van der Waals surface area contributed by atoms with Crippen LogP contribution in [-0.4, -0.2) is 5.11 Å². The number of aliphatic hydroxyl groups excluding tert-OH is 1. The van der Waals surface area contributed by atoms with Gasteiger partial charge in [0.05, 0.1) is 0 Å². The molecule has 2 nitrogen and oxygen atoms in total. The van der Waals surface area contributed by atoms with Gasteiger partial charge in [0.1, 0.15) is 17.7 Å². The van der Waals surface area contributed by atoms with E-state index in [2.05, 4.69) is 0 Å². The van der Waals surface area contributed by atoms with Crippen molar-refractivity contribution >= 4 is 11.6 Å². The van der Waals surface area contributed by atoms with Gasteiger partial charge in [0.25, 0.3) is 0 Å². The van der Waals surface area contributed by atoms with E-state index < -0.39 is 11.9 Å². The number of halogens is 2. The second-order valence-electron chi connectivity index (χ2n) is 3.57. The third kappa shape index (κ3) is 2.10. The summed E-state index contributed by atoms with van der Waals surface area (Å²) in [6.07, 6.45) is -1.13. The number of furan rings is 1. The quantitative estimate of drug-likeness (QED) is 0.872. The van der Waals surface area contributed by atoms with E-state index in [-0.39, 0.29) is 16.5 Å². The summed E-state index contributed by atoms with van der Waals surface area (Å²) >= 11 is 5.59. The molecule has 0 saturated carbocycles. The number of aryl methyl sites for hydroxylation is 1. The van der Waals surface area contributed by atoms with Gasteiger partial charge < -0.3 is 9.52 Å². The topological polar surface area (TPSA) is 33.4 Å². The molecule has 0 aliphatic rings. The Hall–Kier alpha value is -1.32. The minimum atomic E-state index is -1.13. The Morgan fingerprint density at radius 3 is 2.69 bits per heavy atom. The lowest BCUT2D eigenvalue weighted by Crippen LogP contribution is -2.01. The second-order valence-corrected chi connectivity index (χ2v) is 3.94. The van der Waals surface area contributed by atoms with Crippen molar-refractivity contribution in [3.8, 4) is 0 Å². The maximum absolute atomic E-state index is 13.5. The Morgan fingerprint density at radius 1 is 1.31 bits per heavy atom. The molecule has 0 amide bonds. The standard InChI is InChI=1S/C12H10ClFO2/c1-7-2-3-9(14)8(6-7)12(15)10-4-5-11(13)16-10/h2-6,12,15H,1H3. The number of rotatable bonds is 2. The number of hydrogen-bond acceptors (Lipinski definition) is 2. The highest BCUT2D eigenvalue weighted by Gasteiger charge is 2.18. The molecule has 0 radical (unpaired) electrons. The SMILES string of the molecule is Cc1ccc(F)c(C(O)c2ccc(Cl)o2)c1. The van der Waals surface area contributed by atoms with Gasteiger partial charge in [0, 0.05) is 5.56 Å². The van der Waals surface area contributed by atoms with Crippen molar-refractivity contribution in [3.05, 3.63) is 58.3 Å². The van der Waals surface area contributed by atoms with Crippen LogP contribution < -0.4 is 0 Å². The fourth-order valence-corrected chi connectivity index (χ4v) is 1.65. The van der Waals surface area contributed by atoms with Crippen molar-refractivity contribution in [1.29, 1.82) is 0 Å². The molecule has 1 unspecified atom stereocenters. The fraction of sp³-hybridized carbons (Fsp3) is 0.167. The van der Waals surface area contributed by atoms with Crippen molar-refractivity contribution in [1.82, 2.24) is 0 Å². The molecule has 2 rings (SSSR count). The first-order valence-electron chi connectivity index (χ1n) is 4.77. The van der Waals surface area contributed by atoms with Crippen LogP contribution in [0.15, 0.2) is 34.7 Å². The first kappa shape index (κ1) is 11.2. The zero-order valence-electron chi connectivity index (χ0n) is 8.58. The Labute approximate surface area is 97.3 Å². The third-order valence-corrected chi connectivity index (χ3v) is 2.51. The van der Waals surface area contributed by atoms with Gasteiger partial charge in [-0.25, -0.2) is 4.39 Å². The van der Waals surface area contributed by atoms with Crippen LogP contribution in [0.4, 0.5) is 4.39 Å². The molecule has 16 heavy (non-hydrogen) atoms. The van der Waals surface area contributed by atoms with Crippen molar-refractivity contribution in [3.63, 3.8) is 0 Å². The lowest BCUT2D eigenvalue weighted by molar-refractivity contribution is 0.185. The van der Waals surface area contributed by atoms with Crippen LogP contribution in [0.1, 0.15) is 23.0 Å². The zero-order valence-corrected chi connectivity index (χ0v) is 9.33. The van der Waals surface area contributed by atoms with Crippen molar-refractivity contribution in [2.45, 2.75) is 13.0 Å². The van der Waals surface area contributed by atoms with E-state index in [0.29, 0.717) is 0 Å². The van der Waals surface area contributed by atoms with Gasteiger partial charge in [-0.2, -0.15) is 0 Å². The highest BCUT2D eigenvalue weighted by Crippen LogP contribution is 2.27. The summed E-state index contributed by atoms with van der Waals surface area (Å²) in [5, 5.41) is 10.1. The van der Waals surface area contributed by atoms with E-state index in [1.165, 1.54) is 18.2 Å². The van der Waals surface area contributed by atoms with Crippen LogP contribution >= 0.6 is 11.6 Å². The summed E-state index contributed by atoms with van der Waals surface area (Å²) in [4.78, 5) is 0. The van der Waals surface area contributed by atoms with Crippen molar-refractivity contribution < 1.29 is 13.9 Å². The van der Waals surface area contributed by atoms with E-state index in [9.17, 15) is 9.50 Å². The van der Waals surface area contributed by atoms with Crippen LogP contribution in [0.2, 0.25) is 5.22 Å². The average Bonchev–Trinajstić information content (AvgIpc) is 2.67. The highest BCUT2D eigenvalue weighted by molar-refractivity contribution is 6.28. The minimum absolute atomic E-state index is 0.169. The molecule has 84 valence electrons. The van der Waals surface area contributed by atoms with Gasteiger partial charge in [-0.05, 0) is 36.7 Å². The lowest BCUT2D eigenvalue weighted by Gasteiger charge is -2.09. The van der Waals surface area contributed by atoms with Crippen molar-refractivity contribution in [2.75, 3.05) is 0 Å². The fourth-order valence-electron chi connectivity index (χ4n) is 1.50. The molecule has 0 spiro atoms. The predicted octanol–water partition coefficient (Wildman–Crippen LogP) is 3.46. The highest BCUT2D eigenvalue weighted by atomic mass is 35.5. The van der Waals surface area contributed by atoms with Gasteiger partial charge in [0.2, 0.25) is 0 Å². The smallest absolute Gasteiger partial charge is 0.193 e. The summed E-state index contributed by atoms with van der Waals surface area (Å²) in [5.74, 6) is -0.236. The van der Waals surface area contributed by atoms with Crippen LogP contribution in [0, 0.1) is 12.7 Å². The lowest BCUT2D eigenvalue weighted by atomic mass is 10.0. The molecular weight excluding hydrogens is 231 g/mol. The first-order valence-corrected chi connectivity index (χ1v) is 5.15. The molecule has 2 aromatic rings. The average molecular weight is 241 g/mol. The Morgan fingerprint density at radius 2 is 2.06 bits per heavy atom. The number of hydrogen-bond donors (Lipinski definition) is 1. The van der Waals surface area contributed by atoms with E-state index in [0.717, 1.165) is 5.56 Å². The van der Waals surface area contributed by atoms with E-state index in [4.69, 9.17) is 16.0 Å². The van der Waals surface area contributed by atoms with Crippen LogP contribution in [0.5, 0.6) is 0 Å². The number of benzene rings is 1. The molecule has 0 aliphatic heterocycles. The maximum atomic E-state index is 13.5. The Bertz CT molecular complexity index is 507. The largest absolute Gasteiger partial charge is 0.447 e. The summed E-state index contributed by atoms with van der Waals surface area (Å²) < 4.78 is 18.5. The van der Waals surface area contributed by atoms with Gasteiger partial charge in [0.15, 0.2) is 5.22 Å². The van der Waals surface area contributed by atoms with E-state index in [1.807, 2.05) is 6.92 Å². The maximum Gasteiger partial charge on any atom is 0.193 e. The van der Waals surface area contributed by atoms with Crippen LogP contribution in [0.25, 0.3) is 0 Å². The van der Waals surface area contributed by atoms with Crippen molar-refractivity contribution in [2.24, 2.45) is 0 Å². The zero-order chi connectivity index (χ0) is 11.7. The molecule has 1 heterocycles. The molecule has 0 aliphatic carbocycles. The Balaban J connectivity index is 2.40. The van der Waals surface area contributed by atoms with Gasteiger partial charge >= 0.3 is 0 Å². The molecule has 1 aromatic heterocycles. The molecule has 1 atom stereocenters. The van der Waals surface area contributed by atoms with Gasteiger partial charge in [-0.15, -0.1) is 0 Å². The van der Waals surface area contributed by atoms with E-state index >= 15 is 0 Å². The summed E-state index contributed by atoms with van der Waals surface area (Å²) in [6, 6.07) is 7.57. The molecule has 1 aromatic carbocycles.